The van der Waals surface area contributed by atoms with Crippen LogP contribution in [-0.2, 0) is 11.3 Å². The average molecular weight is 435 g/mol. The van der Waals surface area contributed by atoms with Gasteiger partial charge in [-0.15, -0.1) is 10.2 Å². The van der Waals surface area contributed by atoms with Crippen LogP contribution in [0.25, 0.3) is 11.6 Å². The number of morpholine rings is 1. The molecule has 4 heterocycles. The lowest BCUT2D eigenvalue weighted by Gasteiger charge is -2.45. The van der Waals surface area contributed by atoms with E-state index in [-0.39, 0.29) is 29.4 Å². The first-order valence-electron chi connectivity index (χ1n) is 8.80. The maximum absolute atomic E-state index is 13.3. The second-order valence-electron chi connectivity index (χ2n) is 6.74. The second kappa shape index (κ2) is 7.01. The van der Waals surface area contributed by atoms with Crippen molar-refractivity contribution in [3.8, 4) is 11.6 Å². The molecule has 2 aliphatic heterocycles. The Bertz CT molecular complexity index is 1110. The van der Waals surface area contributed by atoms with Crippen molar-refractivity contribution in [3.05, 3.63) is 57.8 Å². The van der Waals surface area contributed by atoms with Gasteiger partial charge in [-0.3, -0.25) is 4.79 Å². The lowest BCUT2D eigenvalue weighted by atomic mass is 10.0. The monoisotopic (exact) mass is 434 g/mol. The minimum Gasteiger partial charge on any atom is -0.377 e. The van der Waals surface area contributed by atoms with Crippen LogP contribution in [0.3, 0.4) is 0 Å². The van der Waals surface area contributed by atoms with E-state index in [9.17, 15) is 9.18 Å². The van der Waals surface area contributed by atoms with E-state index in [1.54, 1.807) is 23.1 Å². The molecule has 29 heavy (non-hydrogen) atoms. The molecule has 2 bridgehead atoms. The Morgan fingerprint density at radius 3 is 2.76 bits per heavy atom. The maximum Gasteiger partial charge on any atom is 0.256 e. The van der Waals surface area contributed by atoms with Gasteiger partial charge in [-0.25, -0.2) is 14.4 Å². The Morgan fingerprint density at radius 1 is 1.17 bits per heavy atom. The normalized spacial score (nSPS) is 20.4. The number of nitrogens with zero attached hydrogens (tertiary/aromatic N) is 6. The predicted molar refractivity (Wildman–Crippen MR) is 101 cm³/mol. The highest BCUT2D eigenvalue weighted by atomic mass is 35.5. The summed E-state index contributed by atoms with van der Waals surface area (Å²) in [4.78, 5) is 23.0. The SMILES string of the molecule is O=C(c1cccc(Cl)c1Cl)N1C2COCC1c1nnc(-c3ncc(F)cn3)n1C2. The van der Waals surface area contributed by atoms with E-state index >= 15 is 0 Å². The fourth-order valence-electron chi connectivity index (χ4n) is 3.73. The van der Waals surface area contributed by atoms with Gasteiger partial charge < -0.3 is 14.2 Å². The van der Waals surface area contributed by atoms with Gasteiger partial charge in [-0.2, -0.15) is 0 Å². The molecule has 3 aromatic rings. The number of ether oxygens (including phenoxy) is 1. The number of benzene rings is 1. The summed E-state index contributed by atoms with van der Waals surface area (Å²) < 4.78 is 20.7. The first kappa shape index (κ1) is 18.4. The Kier molecular flexibility index (Phi) is 4.45. The number of carbonyl (C=O) groups excluding carboxylic acids is 1. The molecule has 148 valence electrons. The van der Waals surface area contributed by atoms with Crippen LogP contribution >= 0.6 is 23.2 Å². The molecule has 11 heteroatoms. The molecule has 2 atom stereocenters. The van der Waals surface area contributed by atoms with Gasteiger partial charge in [0.1, 0.15) is 6.04 Å². The smallest absolute Gasteiger partial charge is 0.256 e. The van der Waals surface area contributed by atoms with E-state index in [1.807, 2.05) is 4.57 Å². The van der Waals surface area contributed by atoms with E-state index in [1.165, 1.54) is 0 Å². The van der Waals surface area contributed by atoms with E-state index < -0.39 is 11.9 Å². The Morgan fingerprint density at radius 2 is 1.97 bits per heavy atom. The minimum atomic E-state index is -0.535. The van der Waals surface area contributed by atoms with Crippen molar-refractivity contribution in [2.45, 2.75) is 18.6 Å². The molecule has 0 spiro atoms. The van der Waals surface area contributed by atoms with Crippen molar-refractivity contribution in [3.63, 3.8) is 0 Å². The number of amides is 1. The third-order valence-electron chi connectivity index (χ3n) is 5.02. The van der Waals surface area contributed by atoms with Crippen molar-refractivity contribution in [2.75, 3.05) is 13.2 Å². The quantitative estimate of drug-likeness (QED) is 0.616. The summed E-state index contributed by atoms with van der Waals surface area (Å²) >= 11 is 12.4. The third kappa shape index (κ3) is 2.97. The average Bonchev–Trinajstić information content (AvgIpc) is 3.13. The number of hydrogen-bond donors (Lipinski definition) is 0. The highest BCUT2D eigenvalue weighted by Gasteiger charge is 2.44. The first-order valence-corrected chi connectivity index (χ1v) is 9.55. The zero-order chi connectivity index (χ0) is 20.1. The van der Waals surface area contributed by atoms with E-state index in [0.717, 1.165) is 12.4 Å². The molecule has 1 fully saturated rings. The number of carbonyl (C=O) groups is 1. The van der Waals surface area contributed by atoms with Crippen molar-refractivity contribution in [1.29, 1.82) is 0 Å². The first-order chi connectivity index (χ1) is 14.0. The molecule has 0 aliphatic carbocycles. The molecule has 2 unspecified atom stereocenters. The van der Waals surface area contributed by atoms with Gasteiger partial charge >= 0.3 is 0 Å². The van der Waals surface area contributed by atoms with Gasteiger partial charge in [0.05, 0.1) is 47.3 Å². The molecule has 0 saturated carbocycles. The largest absolute Gasteiger partial charge is 0.377 e. The van der Waals surface area contributed by atoms with Gasteiger partial charge in [0, 0.05) is 6.54 Å². The Labute approximate surface area is 174 Å². The van der Waals surface area contributed by atoms with Crippen LogP contribution in [0, 0.1) is 5.82 Å². The summed E-state index contributed by atoms with van der Waals surface area (Å²) in [7, 11) is 0. The Hall–Kier alpha value is -2.62. The predicted octanol–water partition coefficient (Wildman–Crippen LogP) is 2.78. The summed E-state index contributed by atoms with van der Waals surface area (Å²) in [5, 5.41) is 8.96. The zero-order valence-electron chi connectivity index (χ0n) is 14.8. The lowest BCUT2D eigenvalue weighted by molar-refractivity contribution is -0.0569. The van der Waals surface area contributed by atoms with Crippen LogP contribution in [0.4, 0.5) is 4.39 Å². The number of rotatable bonds is 2. The van der Waals surface area contributed by atoms with Crippen LogP contribution in [0.15, 0.2) is 30.6 Å². The van der Waals surface area contributed by atoms with Gasteiger partial charge in [0.15, 0.2) is 17.5 Å². The number of halogens is 3. The number of fused-ring (bicyclic) bond motifs is 4. The molecule has 5 rings (SSSR count). The summed E-state index contributed by atoms with van der Waals surface area (Å²) in [5.74, 6) is 0.458. The lowest BCUT2D eigenvalue weighted by Crippen LogP contribution is -2.56. The van der Waals surface area contributed by atoms with E-state index in [0.29, 0.717) is 35.4 Å². The fraction of sp³-hybridized carbons (Fsp3) is 0.278. The van der Waals surface area contributed by atoms with Crippen LogP contribution in [0.2, 0.25) is 10.0 Å². The highest BCUT2D eigenvalue weighted by molar-refractivity contribution is 6.43. The highest BCUT2D eigenvalue weighted by Crippen LogP contribution is 2.37. The Balaban J connectivity index is 1.55. The van der Waals surface area contributed by atoms with Gasteiger partial charge in [-0.05, 0) is 12.1 Å². The summed E-state index contributed by atoms with van der Waals surface area (Å²) in [6.07, 6.45) is 2.15. The molecule has 1 saturated heterocycles. The maximum atomic E-state index is 13.3. The number of hydrogen-bond acceptors (Lipinski definition) is 6. The molecule has 2 aromatic heterocycles. The molecular weight excluding hydrogens is 422 g/mol. The summed E-state index contributed by atoms with van der Waals surface area (Å²) in [5.41, 5.74) is 0.325. The summed E-state index contributed by atoms with van der Waals surface area (Å²) in [6.45, 7) is 1.00. The van der Waals surface area contributed by atoms with Crippen LogP contribution in [0.1, 0.15) is 22.2 Å². The standard InChI is InChI=1S/C18H13Cl2FN6O2/c19-12-3-1-2-11(14(12)20)18(28)27-10-6-26-16(13(27)8-29-7-10)24-25-17(26)15-22-4-9(21)5-23-15/h1-5,10,13H,6-8H2. The van der Waals surface area contributed by atoms with Crippen molar-refractivity contribution >= 4 is 29.1 Å². The van der Waals surface area contributed by atoms with E-state index in [4.69, 9.17) is 27.9 Å². The van der Waals surface area contributed by atoms with Gasteiger partial charge in [0.25, 0.3) is 5.91 Å². The molecule has 0 N–H and O–H groups in total. The van der Waals surface area contributed by atoms with Gasteiger partial charge in [-0.1, -0.05) is 29.3 Å². The molecule has 8 nitrogen and oxygen atoms in total. The van der Waals surface area contributed by atoms with Crippen molar-refractivity contribution in [1.82, 2.24) is 29.6 Å². The molecule has 0 radical (unpaired) electrons. The van der Waals surface area contributed by atoms with Crippen molar-refractivity contribution in [2.24, 2.45) is 0 Å². The van der Waals surface area contributed by atoms with E-state index in [2.05, 4.69) is 20.2 Å². The molecule has 2 aliphatic rings. The van der Waals surface area contributed by atoms with Gasteiger partial charge in [0.2, 0.25) is 5.82 Å². The molecule has 1 aromatic carbocycles. The molecular formula is C18H13Cl2FN6O2. The van der Waals surface area contributed by atoms with Crippen LogP contribution < -0.4 is 0 Å². The van der Waals surface area contributed by atoms with Crippen LogP contribution in [0.5, 0.6) is 0 Å². The fourth-order valence-corrected chi connectivity index (χ4v) is 4.11. The minimum absolute atomic E-state index is 0.214. The molecule has 1 amide bonds. The summed E-state index contributed by atoms with van der Waals surface area (Å²) in [6, 6.07) is 4.24. The number of aromatic nitrogens is 5. The third-order valence-corrected chi connectivity index (χ3v) is 5.84. The second-order valence-corrected chi connectivity index (χ2v) is 7.52. The topological polar surface area (TPSA) is 86.0 Å². The zero-order valence-corrected chi connectivity index (χ0v) is 16.3. The van der Waals surface area contributed by atoms with Crippen molar-refractivity contribution < 1.29 is 13.9 Å². The van der Waals surface area contributed by atoms with Crippen LogP contribution in [-0.4, -0.2) is 54.8 Å².